The van der Waals surface area contributed by atoms with Gasteiger partial charge >= 0.3 is 0 Å². The van der Waals surface area contributed by atoms with Crippen molar-refractivity contribution in [1.29, 1.82) is 0 Å². The van der Waals surface area contributed by atoms with Crippen molar-refractivity contribution in [3.63, 3.8) is 0 Å². The minimum absolute atomic E-state index is 0.272. The number of hydrogen-bond donors (Lipinski definition) is 0. The van der Waals surface area contributed by atoms with Crippen molar-refractivity contribution in [2.45, 2.75) is 94.9 Å². The third-order valence-corrected chi connectivity index (χ3v) is 7.98. The highest BCUT2D eigenvalue weighted by Crippen LogP contribution is 2.32. The summed E-state index contributed by atoms with van der Waals surface area (Å²) in [4.78, 5) is 15.8. The number of thioether (sulfide) groups is 1. The summed E-state index contributed by atoms with van der Waals surface area (Å²) in [6.07, 6.45) is 12.3. The molecule has 0 spiro atoms. The van der Waals surface area contributed by atoms with Gasteiger partial charge in [-0.15, -0.1) is 10.2 Å². The fourth-order valence-corrected chi connectivity index (χ4v) is 6.24. The summed E-state index contributed by atoms with van der Waals surface area (Å²) in [5, 5.41) is 10.3. The van der Waals surface area contributed by atoms with Gasteiger partial charge in [-0.2, -0.15) is 0 Å². The molecule has 1 amide bonds. The lowest BCUT2D eigenvalue weighted by Crippen LogP contribution is -2.49. The molecule has 7 heteroatoms. The molecule has 0 bridgehead atoms. The predicted molar refractivity (Wildman–Crippen MR) is 127 cm³/mol. The van der Waals surface area contributed by atoms with Gasteiger partial charge in [0, 0.05) is 24.2 Å². The first-order chi connectivity index (χ1) is 15.2. The minimum atomic E-state index is 0.272. The van der Waals surface area contributed by atoms with E-state index in [-0.39, 0.29) is 5.91 Å². The molecule has 31 heavy (non-hydrogen) atoms. The van der Waals surface area contributed by atoms with Gasteiger partial charge in [0.1, 0.15) is 0 Å². The average molecular weight is 461 g/mol. The van der Waals surface area contributed by atoms with Crippen LogP contribution in [0.1, 0.15) is 71.1 Å². The van der Waals surface area contributed by atoms with Crippen LogP contribution < -0.4 is 0 Å². The lowest BCUT2D eigenvalue weighted by atomic mass is 9.88. The van der Waals surface area contributed by atoms with Crippen LogP contribution in [0.25, 0.3) is 11.4 Å². The van der Waals surface area contributed by atoms with Gasteiger partial charge in [0.15, 0.2) is 11.0 Å². The molecule has 0 N–H and O–H groups in total. The van der Waals surface area contributed by atoms with Crippen molar-refractivity contribution < 1.29 is 4.79 Å². The van der Waals surface area contributed by atoms with E-state index >= 15 is 0 Å². The SMILES string of the molecule is CCn1c(SCC(=O)N(C2CCCCC2)C2CCCCC2)nnc1-c1ccccc1Cl. The van der Waals surface area contributed by atoms with Crippen LogP contribution in [0.2, 0.25) is 5.02 Å². The van der Waals surface area contributed by atoms with Crippen LogP contribution in [0.3, 0.4) is 0 Å². The average Bonchev–Trinajstić information content (AvgIpc) is 3.22. The van der Waals surface area contributed by atoms with E-state index in [2.05, 4.69) is 26.6 Å². The van der Waals surface area contributed by atoms with E-state index in [9.17, 15) is 4.79 Å². The monoisotopic (exact) mass is 460 g/mol. The number of amides is 1. The van der Waals surface area contributed by atoms with Crippen molar-refractivity contribution in [2.75, 3.05) is 5.75 Å². The maximum absolute atomic E-state index is 13.5. The van der Waals surface area contributed by atoms with Crippen molar-refractivity contribution in [3.05, 3.63) is 29.3 Å². The lowest BCUT2D eigenvalue weighted by molar-refractivity contribution is -0.135. The van der Waals surface area contributed by atoms with Crippen molar-refractivity contribution >= 4 is 29.3 Å². The number of benzene rings is 1. The summed E-state index contributed by atoms with van der Waals surface area (Å²) >= 11 is 7.90. The van der Waals surface area contributed by atoms with E-state index in [4.69, 9.17) is 11.6 Å². The second-order valence-corrected chi connectivity index (χ2v) is 10.1. The highest BCUT2D eigenvalue weighted by molar-refractivity contribution is 7.99. The topological polar surface area (TPSA) is 51.0 Å². The minimum Gasteiger partial charge on any atom is -0.336 e. The molecule has 168 valence electrons. The third kappa shape index (κ3) is 5.28. The van der Waals surface area contributed by atoms with Crippen molar-refractivity contribution in [1.82, 2.24) is 19.7 Å². The van der Waals surface area contributed by atoms with Gasteiger partial charge in [-0.05, 0) is 44.7 Å². The molecule has 2 fully saturated rings. The van der Waals surface area contributed by atoms with E-state index in [0.29, 0.717) is 22.9 Å². The Morgan fingerprint density at radius 3 is 2.23 bits per heavy atom. The summed E-state index contributed by atoms with van der Waals surface area (Å²) in [5.74, 6) is 1.46. The lowest BCUT2D eigenvalue weighted by Gasteiger charge is -2.41. The summed E-state index contributed by atoms with van der Waals surface area (Å²) in [6, 6.07) is 8.55. The van der Waals surface area contributed by atoms with Crippen molar-refractivity contribution in [3.8, 4) is 11.4 Å². The molecule has 5 nitrogen and oxygen atoms in total. The number of carbonyl (C=O) groups excluding carboxylic acids is 1. The Morgan fingerprint density at radius 2 is 1.65 bits per heavy atom. The quantitative estimate of drug-likeness (QED) is 0.461. The zero-order valence-electron chi connectivity index (χ0n) is 18.4. The molecular formula is C24H33ClN4OS. The molecule has 1 aromatic carbocycles. The van der Waals surface area contributed by atoms with Gasteiger partial charge in [-0.25, -0.2) is 0 Å². The second-order valence-electron chi connectivity index (χ2n) is 8.70. The molecule has 1 aromatic heterocycles. The molecule has 0 radical (unpaired) electrons. The highest BCUT2D eigenvalue weighted by atomic mass is 35.5. The van der Waals surface area contributed by atoms with Crippen LogP contribution >= 0.6 is 23.4 Å². The smallest absolute Gasteiger partial charge is 0.233 e. The van der Waals surface area contributed by atoms with E-state index in [1.165, 1.54) is 50.3 Å². The Bertz CT molecular complexity index is 856. The fourth-order valence-electron chi connectivity index (χ4n) is 5.15. The van der Waals surface area contributed by atoms with E-state index in [0.717, 1.165) is 48.8 Å². The maximum atomic E-state index is 13.5. The first-order valence-corrected chi connectivity index (χ1v) is 13.2. The molecule has 2 aliphatic carbocycles. The second kappa shape index (κ2) is 10.9. The molecule has 2 saturated carbocycles. The zero-order valence-corrected chi connectivity index (χ0v) is 20.0. The first kappa shape index (κ1) is 22.7. The Hall–Kier alpha value is -1.53. The van der Waals surface area contributed by atoms with Gasteiger partial charge in [-0.1, -0.05) is 74.0 Å². The van der Waals surface area contributed by atoms with Crippen LogP contribution in [0.4, 0.5) is 0 Å². The van der Waals surface area contributed by atoms with Crippen molar-refractivity contribution in [2.24, 2.45) is 0 Å². The van der Waals surface area contributed by atoms with Crippen LogP contribution in [-0.2, 0) is 11.3 Å². The molecule has 1 heterocycles. The van der Waals surface area contributed by atoms with Gasteiger partial charge in [-0.3, -0.25) is 4.79 Å². The van der Waals surface area contributed by atoms with Crippen LogP contribution in [-0.4, -0.2) is 43.4 Å². The number of carbonyl (C=O) groups is 1. The normalized spacial score (nSPS) is 18.3. The van der Waals surface area contributed by atoms with Crippen LogP contribution in [0, 0.1) is 0 Å². The summed E-state index contributed by atoms with van der Waals surface area (Å²) in [7, 11) is 0. The van der Waals surface area contributed by atoms with E-state index < -0.39 is 0 Å². The third-order valence-electron chi connectivity index (χ3n) is 6.70. The summed E-state index contributed by atoms with van der Waals surface area (Å²) in [5.41, 5.74) is 0.878. The van der Waals surface area contributed by atoms with Crippen LogP contribution in [0.15, 0.2) is 29.4 Å². The number of aromatic nitrogens is 3. The Kier molecular flexibility index (Phi) is 7.94. The summed E-state index contributed by atoms with van der Waals surface area (Å²) < 4.78 is 2.06. The largest absolute Gasteiger partial charge is 0.336 e. The summed E-state index contributed by atoms with van der Waals surface area (Å²) in [6.45, 7) is 2.81. The molecule has 0 atom stereocenters. The maximum Gasteiger partial charge on any atom is 0.233 e. The molecule has 2 aliphatic rings. The van der Waals surface area contributed by atoms with Gasteiger partial charge in [0.05, 0.1) is 10.8 Å². The van der Waals surface area contributed by atoms with Gasteiger partial charge < -0.3 is 9.47 Å². The van der Waals surface area contributed by atoms with Gasteiger partial charge in [0.25, 0.3) is 0 Å². The Balaban J connectivity index is 1.49. The van der Waals surface area contributed by atoms with Crippen LogP contribution in [0.5, 0.6) is 0 Å². The first-order valence-electron chi connectivity index (χ1n) is 11.8. The molecule has 0 saturated heterocycles. The Labute approximate surface area is 194 Å². The highest BCUT2D eigenvalue weighted by Gasteiger charge is 2.32. The fraction of sp³-hybridized carbons (Fsp3) is 0.625. The standard InChI is InChI=1S/C24H33ClN4OS/c1-2-28-23(20-15-9-10-16-21(20)25)26-27-24(28)31-17-22(30)29(18-11-5-3-6-12-18)19-13-7-4-8-14-19/h9-10,15-16,18-19H,2-8,11-14,17H2,1H3. The number of rotatable bonds is 7. The number of nitrogens with zero attached hydrogens (tertiary/aromatic N) is 4. The molecular weight excluding hydrogens is 428 g/mol. The van der Waals surface area contributed by atoms with E-state index in [1.807, 2.05) is 24.3 Å². The Morgan fingerprint density at radius 1 is 1.03 bits per heavy atom. The molecule has 4 rings (SSSR count). The van der Waals surface area contributed by atoms with Gasteiger partial charge in [0.2, 0.25) is 5.91 Å². The number of halogens is 1. The molecule has 0 aliphatic heterocycles. The molecule has 0 unspecified atom stereocenters. The number of hydrogen-bond acceptors (Lipinski definition) is 4. The van der Waals surface area contributed by atoms with E-state index in [1.54, 1.807) is 0 Å². The zero-order chi connectivity index (χ0) is 21.6. The predicted octanol–water partition coefficient (Wildman–Crippen LogP) is 6.20. The molecule has 2 aromatic rings.